The quantitative estimate of drug-likeness (QED) is 0.744. The summed E-state index contributed by atoms with van der Waals surface area (Å²) in [5.41, 5.74) is 1.75. The molecule has 0 aromatic carbocycles. The molecule has 0 amide bonds. The van der Waals surface area contributed by atoms with Crippen LogP contribution < -0.4 is 5.32 Å². The van der Waals surface area contributed by atoms with E-state index in [1.54, 1.807) is 23.0 Å². The van der Waals surface area contributed by atoms with Crippen molar-refractivity contribution in [2.24, 2.45) is 0 Å². The molecule has 7 heteroatoms. The standard InChI is InChI=1S/C11H17F3N2OS/c1-2-16-9(5-10-6-15-8-18-10)3-4-17-7-11(12,13)14/h6,8-9,16H,2-5,7H2,1H3. The number of nitrogens with zero attached hydrogens (tertiary/aromatic N) is 1. The van der Waals surface area contributed by atoms with E-state index in [-0.39, 0.29) is 12.6 Å². The number of alkyl halides is 3. The van der Waals surface area contributed by atoms with Gasteiger partial charge in [-0.2, -0.15) is 13.2 Å². The van der Waals surface area contributed by atoms with Crippen LogP contribution >= 0.6 is 11.3 Å². The summed E-state index contributed by atoms with van der Waals surface area (Å²) in [5.74, 6) is 0. The van der Waals surface area contributed by atoms with E-state index in [9.17, 15) is 13.2 Å². The van der Waals surface area contributed by atoms with E-state index in [1.807, 2.05) is 6.92 Å². The Labute approximate surface area is 108 Å². The van der Waals surface area contributed by atoms with Crippen molar-refractivity contribution in [3.05, 3.63) is 16.6 Å². The highest BCUT2D eigenvalue weighted by atomic mass is 32.1. The monoisotopic (exact) mass is 282 g/mol. The Balaban J connectivity index is 2.25. The number of rotatable bonds is 8. The fourth-order valence-corrected chi connectivity index (χ4v) is 2.24. The SMILES string of the molecule is CCNC(CCOCC(F)(F)F)Cc1cncs1. The van der Waals surface area contributed by atoms with Gasteiger partial charge in [-0.3, -0.25) is 4.98 Å². The van der Waals surface area contributed by atoms with Gasteiger partial charge < -0.3 is 10.1 Å². The van der Waals surface area contributed by atoms with Crippen molar-refractivity contribution < 1.29 is 17.9 Å². The average Bonchev–Trinajstić information content (AvgIpc) is 2.76. The Morgan fingerprint density at radius 1 is 1.50 bits per heavy atom. The summed E-state index contributed by atoms with van der Waals surface area (Å²) in [6, 6.07) is 0.128. The van der Waals surface area contributed by atoms with Crippen LogP contribution in [0.25, 0.3) is 0 Å². The first kappa shape index (κ1) is 15.4. The summed E-state index contributed by atoms with van der Waals surface area (Å²) in [4.78, 5) is 5.10. The number of aromatic nitrogens is 1. The van der Waals surface area contributed by atoms with E-state index >= 15 is 0 Å². The summed E-state index contributed by atoms with van der Waals surface area (Å²) >= 11 is 1.55. The molecule has 1 aromatic rings. The van der Waals surface area contributed by atoms with Crippen LogP contribution in [0.5, 0.6) is 0 Å². The Bertz CT molecular complexity index is 317. The molecule has 104 valence electrons. The van der Waals surface area contributed by atoms with Gasteiger partial charge in [0.1, 0.15) is 6.61 Å². The summed E-state index contributed by atoms with van der Waals surface area (Å²) in [6.45, 7) is 1.68. The van der Waals surface area contributed by atoms with Crippen LogP contribution in [0.2, 0.25) is 0 Å². The van der Waals surface area contributed by atoms with Gasteiger partial charge >= 0.3 is 6.18 Å². The molecule has 1 unspecified atom stereocenters. The minimum absolute atomic E-state index is 0.107. The maximum atomic E-state index is 11.9. The molecule has 0 fully saturated rings. The lowest BCUT2D eigenvalue weighted by Crippen LogP contribution is -2.32. The van der Waals surface area contributed by atoms with Gasteiger partial charge in [-0.15, -0.1) is 11.3 Å². The Kier molecular flexibility index (Phi) is 6.59. The highest BCUT2D eigenvalue weighted by Crippen LogP contribution is 2.15. The molecule has 1 N–H and O–H groups in total. The minimum Gasteiger partial charge on any atom is -0.372 e. The lowest BCUT2D eigenvalue weighted by atomic mass is 10.1. The first-order valence-electron chi connectivity index (χ1n) is 5.76. The normalized spacial score (nSPS) is 13.8. The highest BCUT2D eigenvalue weighted by molar-refractivity contribution is 7.09. The van der Waals surface area contributed by atoms with E-state index in [0.29, 0.717) is 6.42 Å². The van der Waals surface area contributed by atoms with Crippen LogP contribution in [0.15, 0.2) is 11.7 Å². The number of hydrogen-bond acceptors (Lipinski definition) is 4. The molecular formula is C11H17F3N2OS. The molecule has 1 heterocycles. The zero-order chi connectivity index (χ0) is 13.4. The molecule has 0 spiro atoms. The van der Waals surface area contributed by atoms with Crippen LogP contribution in [0, 0.1) is 0 Å². The molecule has 1 rings (SSSR count). The van der Waals surface area contributed by atoms with Crippen molar-refractivity contribution >= 4 is 11.3 Å². The van der Waals surface area contributed by atoms with Gasteiger partial charge in [-0.25, -0.2) is 0 Å². The van der Waals surface area contributed by atoms with Crippen molar-refractivity contribution in [3.63, 3.8) is 0 Å². The summed E-state index contributed by atoms with van der Waals surface area (Å²) in [5, 5.41) is 3.24. The Morgan fingerprint density at radius 3 is 2.83 bits per heavy atom. The van der Waals surface area contributed by atoms with Crippen molar-refractivity contribution in [2.45, 2.75) is 32.0 Å². The van der Waals surface area contributed by atoms with Crippen molar-refractivity contribution in [2.75, 3.05) is 19.8 Å². The second-order valence-electron chi connectivity index (χ2n) is 3.88. The zero-order valence-electron chi connectivity index (χ0n) is 10.2. The fraction of sp³-hybridized carbons (Fsp3) is 0.727. The van der Waals surface area contributed by atoms with Gasteiger partial charge in [0.2, 0.25) is 0 Å². The van der Waals surface area contributed by atoms with Gasteiger partial charge in [-0.05, 0) is 19.4 Å². The second kappa shape index (κ2) is 7.70. The van der Waals surface area contributed by atoms with Crippen molar-refractivity contribution in [1.82, 2.24) is 10.3 Å². The fourth-order valence-electron chi connectivity index (χ4n) is 1.56. The molecule has 0 aliphatic carbocycles. The maximum absolute atomic E-state index is 11.9. The molecule has 0 bridgehead atoms. The molecule has 18 heavy (non-hydrogen) atoms. The molecule has 0 saturated heterocycles. The second-order valence-corrected chi connectivity index (χ2v) is 4.85. The maximum Gasteiger partial charge on any atom is 0.411 e. The predicted molar refractivity (Wildman–Crippen MR) is 64.8 cm³/mol. The smallest absolute Gasteiger partial charge is 0.372 e. The third-order valence-electron chi connectivity index (χ3n) is 2.30. The number of ether oxygens (including phenoxy) is 1. The van der Waals surface area contributed by atoms with Crippen molar-refractivity contribution in [3.8, 4) is 0 Å². The average molecular weight is 282 g/mol. The van der Waals surface area contributed by atoms with Gasteiger partial charge in [0, 0.05) is 23.7 Å². The van der Waals surface area contributed by atoms with Gasteiger partial charge in [0.25, 0.3) is 0 Å². The molecule has 0 aliphatic heterocycles. The molecule has 3 nitrogen and oxygen atoms in total. The zero-order valence-corrected chi connectivity index (χ0v) is 11.0. The number of likely N-dealkylation sites (N-methyl/N-ethyl adjacent to an activating group) is 1. The predicted octanol–water partition coefficient (Wildman–Crippen LogP) is 2.63. The molecule has 0 saturated carbocycles. The van der Waals surface area contributed by atoms with Gasteiger partial charge in [0.05, 0.1) is 5.51 Å². The van der Waals surface area contributed by atoms with Gasteiger partial charge in [0.15, 0.2) is 0 Å². The van der Waals surface area contributed by atoms with Crippen LogP contribution in [0.3, 0.4) is 0 Å². The molecular weight excluding hydrogens is 265 g/mol. The Hall–Kier alpha value is -0.660. The third kappa shape index (κ3) is 6.93. The van der Waals surface area contributed by atoms with Gasteiger partial charge in [-0.1, -0.05) is 6.92 Å². The number of hydrogen-bond donors (Lipinski definition) is 1. The lowest BCUT2D eigenvalue weighted by molar-refractivity contribution is -0.174. The van der Waals surface area contributed by atoms with Crippen LogP contribution in [-0.4, -0.2) is 37.0 Å². The lowest BCUT2D eigenvalue weighted by Gasteiger charge is -2.17. The van der Waals surface area contributed by atoms with Crippen LogP contribution in [0.4, 0.5) is 13.2 Å². The largest absolute Gasteiger partial charge is 0.411 e. The minimum atomic E-state index is -4.24. The molecule has 1 atom stereocenters. The third-order valence-corrected chi connectivity index (χ3v) is 3.10. The van der Waals surface area contributed by atoms with E-state index in [4.69, 9.17) is 0 Å². The van der Waals surface area contributed by atoms with E-state index in [2.05, 4.69) is 15.0 Å². The number of nitrogens with one attached hydrogen (secondary N) is 1. The topological polar surface area (TPSA) is 34.1 Å². The summed E-state index contributed by atoms with van der Waals surface area (Å²) in [6.07, 6.45) is -1.13. The molecule has 1 aromatic heterocycles. The molecule has 0 aliphatic rings. The van der Waals surface area contributed by atoms with Crippen molar-refractivity contribution in [1.29, 1.82) is 0 Å². The van der Waals surface area contributed by atoms with Crippen LogP contribution in [-0.2, 0) is 11.2 Å². The highest BCUT2D eigenvalue weighted by Gasteiger charge is 2.27. The van der Waals surface area contributed by atoms with E-state index < -0.39 is 12.8 Å². The first-order chi connectivity index (χ1) is 8.51. The number of halogens is 3. The van der Waals surface area contributed by atoms with Crippen LogP contribution in [0.1, 0.15) is 18.2 Å². The first-order valence-corrected chi connectivity index (χ1v) is 6.64. The van der Waals surface area contributed by atoms with E-state index in [0.717, 1.165) is 17.8 Å². The molecule has 0 radical (unpaired) electrons. The van der Waals surface area contributed by atoms with E-state index in [1.165, 1.54) is 0 Å². The summed E-state index contributed by atoms with van der Waals surface area (Å²) in [7, 11) is 0. The number of thiazole rings is 1. The Morgan fingerprint density at radius 2 is 2.28 bits per heavy atom. The summed E-state index contributed by atoms with van der Waals surface area (Å²) < 4.78 is 40.3.